The minimum atomic E-state index is -0.462. The van der Waals surface area contributed by atoms with Gasteiger partial charge < -0.3 is 14.5 Å². The van der Waals surface area contributed by atoms with E-state index in [4.69, 9.17) is 9.31 Å². The third-order valence-electron chi connectivity index (χ3n) is 5.64. The highest BCUT2D eigenvalue weighted by atomic mass is 19.1. The van der Waals surface area contributed by atoms with Crippen molar-refractivity contribution in [3.63, 3.8) is 0 Å². The number of fused-ring (bicyclic) bond motifs is 1. The van der Waals surface area contributed by atoms with Crippen molar-refractivity contribution in [3.8, 4) is 0 Å². The number of rotatable bonds is 2. The minimum absolute atomic E-state index is 0.139. The first-order chi connectivity index (χ1) is 12.3. The van der Waals surface area contributed by atoms with Gasteiger partial charge in [-0.25, -0.2) is 4.39 Å². The van der Waals surface area contributed by atoms with Gasteiger partial charge in [-0.15, -0.1) is 0 Å². The lowest BCUT2D eigenvalue weighted by Crippen LogP contribution is -2.48. The van der Waals surface area contributed by atoms with Gasteiger partial charge in [-0.05, 0) is 56.8 Å². The normalized spacial score (nSPS) is 20.4. The Labute approximate surface area is 154 Å². The number of anilines is 1. The van der Waals surface area contributed by atoms with E-state index in [1.54, 1.807) is 12.1 Å². The van der Waals surface area contributed by atoms with Crippen LogP contribution in [0, 0.1) is 5.82 Å². The van der Waals surface area contributed by atoms with E-state index in [0.29, 0.717) is 0 Å². The molecule has 132 valence electrons. The van der Waals surface area contributed by atoms with E-state index < -0.39 is 18.3 Å². The first-order valence-corrected chi connectivity index (χ1v) is 8.95. The Morgan fingerprint density at radius 2 is 1.50 bits per heavy atom. The summed E-state index contributed by atoms with van der Waals surface area (Å²) in [4.78, 5) is 0. The summed E-state index contributed by atoms with van der Waals surface area (Å²) < 4.78 is 26.0. The van der Waals surface area contributed by atoms with E-state index in [9.17, 15) is 4.39 Å². The molecular weight excluding hydrogens is 327 g/mol. The van der Waals surface area contributed by atoms with E-state index >= 15 is 0 Å². The number of para-hydroxylation sites is 1. The van der Waals surface area contributed by atoms with Crippen LogP contribution in [-0.4, -0.2) is 25.2 Å². The Kier molecular flexibility index (Phi) is 4.01. The zero-order valence-corrected chi connectivity index (χ0v) is 15.5. The second-order valence-electron chi connectivity index (χ2n) is 7.95. The summed E-state index contributed by atoms with van der Waals surface area (Å²) in [6.45, 7) is 8.05. The molecule has 0 aromatic heterocycles. The summed E-state index contributed by atoms with van der Waals surface area (Å²) in [5.74, 6) is -0.244. The maximum Gasteiger partial charge on any atom is 0.483 e. The van der Waals surface area contributed by atoms with Crippen LogP contribution in [0.2, 0.25) is 0 Å². The fraction of sp³-hybridized carbons (Fsp3) is 0.300. The SMILES string of the molecule is CC1(C)OB(C2=Cc3ccccc3NB2c2ccc(F)cc2)OC1(C)C. The molecule has 2 aliphatic rings. The van der Waals surface area contributed by atoms with Gasteiger partial charge >= 0.3 is 14.0 Å². The molecule has 0 amide bonds. The average molecular weight is 349 g/mol. The molecule has 26 heavy (non-hydrogen) atoms. The summed E-state index contributed by atoms with van der Waals surface area (Å²) in [6, 6.07) is 14.7. The van der Waals surface area contributed by atoms with Gasteiger partial charge in [-0.3, -0.25) is 0 Å². The van der Waals surface area contributed by atoms with Crippen LogP contribution in [0.5, 0.6) is 0 Å². The molecule has 2 heterocycles. The monoisotopic (exact) mass is 349 g/mol. The van der Waals surface area contributed by atoms with Crippen LogP contribution in [0.15, 0.2) is 53.9 Å². The quantitative estimate of drug-likeness (QED) is 0.839. The maximum absolute atomic E-state index is 13.4. The van der Waals surface area contributed by atoms with Crippen molar-refractivity contribution >= 4 is 31.2 Å². The zero-order valence-electron chi connectivity index (χ0n) is 15.5. The molecule has 0 spiro atoms. The third-order valence-corrected chi connectivity index (χ3v) is 5.64. The van der Waals surface area contributed by atoms with Gasteiger partial charge in [0, 0.05) is 5.69 Å². The van der Waals surface area contributed by atoms with E-state index in [2.05, 4.69) is 17.4 Å². The van der Waals surface area contributed by atoms with Crippen molar-refractivity contribution in [3.05, 3.63) is 65.3 Å². The second-order valence-corrected chi connectivity index (χ2v) is 7.95. The van der Waals surface area contributed by atoms with Gasteiger partial charge in [0.15, 0.2) is 0 Å². The molecule has 1 fully saturated rings. The predicted molar refractivity (Wildman–Crippen MR) is 106 cm³/mol. The third kappa shape index (κ3) is 2.87. The van der Waals surface area contributed by atoms with Crippen molar-refractivity contribution in [2.24, 2.45) is 0 Å². The highest BCUT2D eigenvalue weighted by Gasteiger charge is 2.54. The number of nitrogens with one attached hydrogen (secondary N) is 1. The Bertz CT molecular complexity index is 848. The van der Waals surface area contributed by atoms with Gasteiger partial charge in [0.25, 0.3) is 0 Å². The molecule has 2 aromatic rings. The van der Waals surface area contributed by atoms with Crippen molar-refractivity contribution in [1.29, 1.82) is 0 Å². The lowest BCUT2D eigenvalue weighted by Gasteiger charge is -2.32. The van der Waals surface area contributed by atoms with E-state index in [1.165, 1.54) is 12.1 Å². The number of hydrogen-bond acceptors (Lipinski definition) is 3. The molecule has 0 atom stereocenters. The van der Waals surface area contributed by atoms with Crippen LogP contribution in [0.4, 0.5) is 10.1 Å². The summed E-state index contributed by atoms with van der Waals surface area (Å²) in [6.07, 6.45) is 2.13. The smallest absolute Gasteiger partial charge is 0.420 e. The molecule has 1 N–H and O–H groups in total. The van der Waals surface area contributed by atoms with Crippen LogP contribution in [0.3, 0.4) is 0 Å². The predicted octanol–water partition coefficient (Wildman–Crippen LogP) is 3.70. The minimum Gasteiger partial charge on any atom is -0.420 e. The summed E-state index contributed by atoms with van der Waals surface area (Å²) in [5.41, 5.74) is 2.28. The van der Waals surface area contributed by atoms with Gasteiger partial charge in [-0.2, -0.15) is 0 Å². The Hall–Kier alpha value is -2.04. The molecule has 0 aliphatic carbocycles. The molecule has 4 rings (SSSR count). The van der Waals surface area contributed by atoms with Crippen molar-refractivity contribution in [2.45, 2.75) is 38.9 Å². The molecule has 2 aromatic carbocycles. The summed E-state index contributed by atoms with van der Waals surface area (Å²) in [7, 11) is -0.462. The Morgan fingerprint density at radius 3 is 2.15 bits per heavy atom. The highest BCUT2D eigenvalue weighted by Crippen LogP contribution is 2.40. The molecule has 0 saturated carbocycles. The van der Waals surface area contributed by atoms with Crippen molar-refractivity contribution in [2.75, 3.05) is 5.23 Å². The standard InChI is InChI=1S/C20H22B2FNO2/c1-19(2)20(3,4)26-22(25-19)18-13-14-7-5-6-8-17(14)24-21(18)15-9-11-16(23)12-10-15/h5-13,24H,1-4H3. The number of halogens is 1. The molecule has 0 bridgehead atoms. The second kappa shape index (κ2) is 6.00. The van der Waals surface area contributed by atoms with Gasteiger partial charge in [0.1, 0.15) is 5.82 Å². The Morgan fingerprint density at radius 1 is 0.885 bits per heavy atom. The maximum atomic E-state index is 13.4. The number of benzene rings is 2. The van der Waals surface area contributed by atoms with E-state index in [0.717, 1.165) is 22.1 Å². The van der Waals surface area contributed by atoms with Crippen LogP contribution in [0.1, 0.15) is 33.3 Å². The van der Waals surface area contributed by atoms with E-state index in [1.807, 2.05) is 45.9 Å². The summed E-state index contributed by atoms with van der Waals surface area (Å²) in [5, 5.41) is 4.56. The zero-order chi connectivity index (χ0) is 18.5. The average Bonchev–Trinajstić information content (AvgIpc) is 2.82. The van der Waals surface area contributed by atoms with Crippen LogP contribution in [-0.2, 0) is 9.31 Å². The summed E-state index contributed by atoms with van der Waals surface area (Å²) >= 11 is 0. The molecule has 1 saturated heterocycles. The molecule has 6 heteroatoms. The van der Waals surface area contributed by atoms with Crippen molar-refractivity contribution < 1.29 is 13.7 Å². The first kappa shape index (κ1) is 17.4. The van der Waals surface area contributed by atoms with Crippen LogP contribution < -0.4 is 10.7 Å². The molecule has 2 aliphatic heterocycles. The largest absolute Gasteiger partial charge is 0.483 e. The van der Waals surface area contributed by atoms with Crippen molar-refractivity contribution in [1.82, 2.24) is 0 Å². The van der Waals surface area contributed by atoms with Gasteiger partial charge in [0.05, 0.1) is 11.2 Å². The van der Waals surface area contributed by atoms with Crippen LogP contribution in [0.25, 0.3) is 6.08 Å². The molecular formula is C20H22B2FNO2. The lowest BCUT2D eigenvalue weighted by atomic mass is 9.39. The fourth-order valence-corrected chi connectivity index (χ4v) is 3.37. The van der Waals surface area contributed by atoms with Crippen LogP contribution >= 0.6 is 0 Å². The number of hydrogen-bond donors (Lipinski definition) is 1. The Balaban J connectivity index is 1.77. The topological polar surface area (TPSA) is 30.5 Å². The first-order valence-electron chi connectivity index (χ1n) is 8.95. The van der Waals surface area contributed by atoms with E-state index in [-0.39, 0.29) is 12.7 Å². The highest BCUT2D eigenvalue weighted by molar-refractivity contribution is 6.95. The molecule has 0 unspecified atom stereocenters. The fourth-order valence-electron chi connectivity index (χ4n) is 3.37. The van der Waals surface area contributed by atoms with Gasteiger partial charge in [0.2, 0.25) is 0 Å². The van der Waals surface area contributed by atoms with Gasteiger partial charge in [-0.1, -0.05) is 41.9 Å². The molecule has 0 radical (unpaired) electrons. The molecule has 3 nitrogen and oxygen atoms in total. The lowest BCUT2D eigenvalue weighted by molar-refractivity contribution is 0.00578.